The zero-order valence-corrected chi connectivity index (χ0v) is 19.7. The molecule has 2 saturated carbocycles. The fourth-order valence-corrected chi connectivity index (χ4v) is 7.22. The maximum atomic E-state index is 12.0. The van der Waals surface area contributed by atoms with Crippen molar-refractivity contribution in [3.05, 3.63) is 22.8 Å². The van der Waals surface area contributed by atoms with Gasteiger partial charge in [-0.2, -0.15) is 8.42 Å². The van der Waals surface area contributed by atoms with Crippen LogP contribution in [-0.2, 0) is 27.6 Å². The van der Waals surface area contributed by atoms with Crippen molar-refractivity contribution in [3.63, 3.8) is 0 Å². The molecule has 32 heavy (non-hydrogen) atoms. The smallest absolute Gasteiger partial charge is 0.397 e. The minimum Gasteiger partial charge on any atom is -0.508 e. The lowest BCUT2D eigenvalue weighted by molar-refractivity contribution is -0.210. The standard InChI is InChI=1S/C23H32O8S/c1-13-5-6-18-21(2,3)19(26)7-8-22(18,4)23(13)10-15-17(25)9-14(12-30-32(27,28)29)16(11-24)20(15)31-23/h9,11,13,18-19,25-26H,5-8,10,12H2,1-4H3,(H,27,28,29). The molecule has 0 saturated heterocycles. The van der Waals surface area contributed by atoms with Crippen LogP contribution in [0.2, 0.25) is 0 Å². The Bertz CT molecular complexity index is 1050. The van der Waals surface area contributed by atoms with Gasteiger partial charge in [-0.05, 0) is 54.6 Å². The Morgan fingerprint density at radius 3 is 2.56 bits per heavy atom. The molecule has 2 fully saturated rings. The summed E-state index contributed by atoms with van der Waals surface area (Å²) in [5.41, 5.74) is -0.512. The summed E-state index contributed by atoms with van der Waals surface area (Å²) < 4.78 is 42.1. The number of aliphatic hydroxyl groups excluding tert-OH is 1. The Hall–Kier alpha value is -1.68. The third-order valence-corrected chi connectivity index (χ3v) is 9.22. The van der Waals surface area contributed by atoms with Gasteiger partial charge in [-0.3, -0.25) is 9.35 Å². The van der Waals surface area contributed by atoms with Gasteiger partial charge in [0.05, 0.1) is 18.3 Å². The molecule has 1 aromatic carbocycles. The van der Waals surface area contributed by atoms with Gasteiger partial charge in [-0.1, -0.05) is 27.7 Å². The summed E-state index contributed by atoms with van der Waals surface area (Å²) in [5, 5.41) is 21.5. The Kier molecular flexibility index (Phi) is 5.44. The van der Waals surface area contributed by atoms with Crippen LogP contribution in [0.3, 0.4) is 0 Å². The van der Waals surface area contributed by atoms with Crippen molar-refractivity contribution in [2.24, 2.45) is 22.7 Å². The van der Waals surface area contributed by atoms with E-state index < -0.39 is 28.7 Å². The zero-order chi connectivity index (χ0) is 23.7. The zero-order valence-electron chi connectivity index (χ0n) is 18.9. The van der Waals surface area contributed by atoms with Crippen molar-refractivity contribution in [1.82, 2.24) is 0 Å². The van der Waals surface area contributed by atoms with Crippen molar-refractivity contribution in [3.8, 4) is 11.5 Å². The van der Waals surface area contributed by atoms with Crippen LogP contribution >= 0.6 is 0 Å². The molecular formula is C23H32O8S. The van der Waals surface area contributed by atoms with Crippen LogP contribution in [-0.4, -0.2) is 41.2 Å². The number of phenolic OH excluding ortho intramolecular Hbond substituents is 1. The minimum absolute atomic E-state index is 0.0931. The monoisotopic (exact) mass is 468 g/mol. The van der Waals surface area contributed by atoms with E-state index in [1.807, 2.05) is 0 Å². The normalized spacial score (nSPS) is 35.8. The van der Waals surface area contributed by atoms with Crippen LogP contribution < -0.4 is 4.74 Å². The molecule has 1 spiro atoms. The first-order chi connectivity index (χ1) is 14.8. The van der Waals surface area contributed by atoms with Crippen LogP contribution in [0.5, 0.6) is 11.5 Å². The lowest BCUT2D eigenvalue weighted by atomic mass is 9.43. The fourth-order valence-electron chi connectivity index (χ4n) is 6.95. The highest BCUT2D eigenvalue weighted by Gasteiger charge is 2.67. The first-order valence-corrected chi connectivity index (χ1v) is 12.4. The summed E-state index contributed by atoms with van der Waals surface area (Å²) in [4.78, 5) is 12.0. The largest absolute Gasteiger partial charge is 0.508 e. The van der Waals surface area contributed by atoms with E-state index >= 15 is 0 Å². The Morgan fingerprint density at radius 1 is 1.25 bits per heavy atom. The van der Waals surface area contributed by atoms with Gasteiger partial charge >= 0.3 is 10.4 Å². The molecule has 2 aliphatic carbocycles. The number of carbonyl (C=O) groups excluding carboxylic acids is 1. The summed E-state index contributed by atoms with van der Waals surface area (Å²) in [5.74, 6) is 0.489. The molecule has 5 atom stereocenters. The van der Waals surface area contributed by atoms with Crippen LogP contribution in [0.15, 0.2) is 6.07 Å². The molecule has 1 aromatic rings. The van der Waals surface area contributed by atoms with Gasteiger partial charge in [0.25, 0.3) is 0 Å². The highest BCUT2D eigenvalue weighted by atomic mass is 32.3. The number of aldehydes is 1. The molecule has 9 heteroatoms. The van der Waals surface area contributed by atoms with Crippen LogP contribution in [0, 0.1) is 22.7 Å². The number of rotatable bonds is 4. The quantitative estimate of drug-likeness (QED) is 0.453. The van der Waals surface area contributed by atoms with E-state index in [2.05, 4.69) is 31.9 Å². The third kappa shape index (κ3) is 3.28. The molecule has 1 heterocycles. The molecule has 5 unspecified atom stereocenters. The van der Waals surface area contributed by atoms with Crippen LogP contribution in [0.4, 0.5) is 0 Å². The number of benzene rings is 1. The SMILES string of the molecule is CC1CCC2C(C)(C)C(O)CCC2(C)C12Cc1c(O)cc(COS(=O)(=O)O)c(C=O)c1O2. The Morgan fingerprint density at radius 2 is 1.94 bits per heavy atom. The third-order valence-electron chi connectivity index (χ3n) is 8.80. The first-order valence-electron chi connectivity index (χ1n) is 11.1. The Labute approximate surface area is 188 Å². The number of ether oxygens (including phenoxy) is 1. The van der Waals surface area contributed by atoms with Gasteiger partial charge < -0.3 is 14.9 Å². The van der Waals surface area contributed by atoms with E-state index in [0.29, 0.717) is 24.7 Å². The van der Waals surface area contributed by atoms with Crippen LogP contribution in [0.1, 0.15) is 74.9 Å². The Balaban J connectivity index is 1.81. The molecular weight excluding hydrogens is 436 g/mol. The molecule has 0 radical (unpaired) electrons. The van der Waals surface area contributed by atoms with Crippen molar-refractivity contribution in [2.45, 2.75) is 78.1 Å². The fraction of sp³-hybridized carbons (Fsp3) is 0.696. The highest BCUT2D eigenvalue weighted by molar-refractivity contribution is 7.80. The molecule has 178 valence electrons. The number of fused-ring (bicyclic) bond motifs is 3. The molecule has 1 aliphatic heterocycles. The van der Waals surface area contributed by atoms with Crippen LogP contribution in [0.25, 0.3) is 0 Å². The van der Waals surface area contributed by atoms with Gasteiger partial charge in [0.2, 0.25) is 0 Å². The lowest BCUT2D eigenvalue weighted by Crippen LogP contribution is -2.66. The van der Waals surface area contributed by atoms with Crippen molar-refractivity contribution in [2.75, 3.05) is 0 Å². The second-order valence-electron chi connectivity index (χ2n) is 10.6. The molecule has 4 rings (SSSR count). The van der Waals surface area contributed by atoms with E-state index in [-0.39, 0.29) is 45.3 Å². The first kappa shape index (κ1) is 23.5. The molecule has 0 aromatic heterocycles. The van der Waals surface area contributed by atoms with Gasteiger partial charge in [-0.15, -0.1) is 0 Å². The van der Waals surface area contributed by atoms with E-state index in [1.54, 1.807) is 0 Å². The molecule has 8 nitrogen and oxygen atoms in total. The number of aromatic hydroxyl groups is 1. The summed E-state index contributed by atoms with van der Waals surface area (Å²) in [6, 6.07) is 1.30. The number of hydrogen-bond donors (Lipinski definition) is 3. The van der Waals surface area contributed by atoms with Crippen molar-refractivity contribution >= 4 is 16.7 Å². The topological polar surface area (TPSA) is 130 Å². The molecule has 0 bridgehead atoms. The van der Waals surface area contributed by atoms with Gasteiger partial charge in [0.1, 0.15) is 17.1 Å². The number of aliphatic hydroxyl groups is 1. The van der Waals surface area contributed by atoms with E-state index in [4.69, 9.17) is 9.29 Å². The maximum absolute atomic E-state index is 12.0. The number of carbonyl (C=O) groups is 1. The lowest BCUT2D eigenvalue weighted by Gasteiger charge is -2.64. The summed E-state index contributed by atoms with van der Waals surface area (Å²) in [6.45, 7) is 7.94. The van der Waals surface area contributed by atoms with Crippen molar-refractivity contribution < 1.29 is 36.9 Å². The van der Waals surface area contributed by atoms with E-state index in [9.17, 15) is 23.4 Å². The average molecular weight is 469 g/mol. The highest BCUT2D eigenvalue weighted by Crippen LogP contribution is 2.66. The van der Waals surface area contributed by atoms with Gasteiger partial charge in [0, 0.05) is 17.4 Å². The molecule has 3 aliphatic rings. The molecule has 0 amide bonds. The summed E-state index contributed by atoms with van der Waals surface area (Å²) >= 11 is 0. The molecule has 3 N–H and O–H groups in total. The predicted molar refractivity (Wildman–Crippen MR) is 116 cm³/mol. The van der Waals surface area contributed by atoms with Gasteiger partial charge in [0.15, 0.2) is 6.29 Å². The van der Waals surface area contributed by atoms with Crippen molar-refractivity contribution in [1.29, 1.82) is 0 Å². The predicted octanol–water partition coefficient (Wildman–Crippen LogP) is 3.43. The maximum Gasteiger partial charge on any atom is 0.397 e. The average Bonchev–Trinajstić information content (AvgIpc) is 3.10. The van der Waals surface area contributed by atoms with E-state index in [0.717, 1.165) is 19.3 Å². The van der Waals surface area contributed by atoms with E-state index in [1.165, 1.54) is 6.07 Å². The second-order valence-corrected chi connectivity index (χ2v) is 11.7. The summed E-state index contributed by atoms with van der Waals surface area (Å²) in [7, 11) is -4.72. The summed E-state index contributed by atoms with van der Waals surface area (Å²) in [6.07, 6.45) is 3.85. The van der Waals surface area contributed by atoms with Gasteiger partial charge in [-0.25, -0.2) is 4.18 Å². The second kappa shape index (κ2) is 7.41. The minimum atomic E-state index is -4.72. The number of hydrogen-bond acceptors (Lipinski definition) is 7. The number of phenols is 1.